The lowest BCUT2D eigenvalue weighted by Gasteiger charge is -2.14. The maximum atomic E-state index is 14.4. The molecular weight excluding hydrogens is 475 g/mol. The second kappa shape index (κ2) is 8.78. The Balaban J connectivity index is 1.55. The molecule has 164 valence electrons. The molecule has 33 heavy (non-hydrogen) atoms. The Kier molecular flexibility index (Phi) is 5.83. The van der Waals surface area contributed by atoms with Gasteiger partial charge in [0.15, 0.2) is 4.32 Å². The first-order chi connectivity index (χ1) is 15.9. The van der Waals surface area contributed by atoms with Crippen LogP contribution in [-0.2, 0) is 11.3 Å². The number of hydrogen-bond acceptors (Lipinski definition) is 3. The minimum Gasteiger partial charge on any atom is -0.342 e. The van der Waals surface area contributed by atoms with E-state index in [1.807, 2.05) is 72.3 Å². The highest BCUT2D eigenvalue weighted by molar-refractivity contribution is 8.27. The summed E-state index contributed by atoms with van der Waals surface area (Å²) >= 11 is 13.1. The summed E-state index contributed by atoms with van der Waals surface area (Å²) in [5, 5.41) is 1.35. The SMILES string of the molecule is Cc1cccc(N2C(=O)/C(=C/c3cn(Cc4c(F)cccc4Cl)c4ccccc34)SC2=S)c1. The number of fused-ring (bicyclic) bond motifs is 1. The topological polar surface area (TPSA) is 25.2 Å². The summed E-state index contributed by atoms with van der Waals surface area (Å²) in [6.07, 6.45) is 3.78. The number of nitrogens with zero attached hydrogens (tertiary/aromatic N) is 2. The average Bonchev–Trinajstić information content (AvgIpc) is 3.27. The third kappa shape index (κ3) is 4.10. The molecule has 0 aliphatic carbocycles. The number of halogens is 2. The number of rotatable bonds is 4. The highest BCUT2D eigenvalue weighted by Gasteiger charge is 2.33. The predicted molar refractivity (Wildman–Crippen MR) is 139 cm³/mol. The summed E-state index contributed by atoms with van der Waals surface area (Å²) in [6.45, 7) is 2.26. The maximum Gasteiger partial charge on any atom is 0.270 e. The van der Waals surface area contributed by atoms with Gasteiger partial charge in [0.1, 0.15) is 5.82 Å². The van der Waals surface area contributed by atoms with Gasteiger partial charge in [0.25, 0.3) is 5.91 Å². The van der Waals surface area contributed by atoms with Crippen molar-refractivity contribution >= 4 is 68.5 Å². The molecule has 2 heterocycles. The second-order valence-electron chi connectivity index (χ2n) is 7.79. The van der Waals surface area contributed by atoms with Crippen LogP contribution in [0.4, 0.5) is 10.1 Å². The fourth-order valence-electron chi connectivity index (χ4n) is 3.97. The number of benzene rings is 3. The number of carbonyl (C=O) groups is 1. The Bertz CT molecular complexity index is 1440. The lowest BCUT2D eigenvalue weighted by atomic mass is 10.1. The Hall–Kier alpha value is -2.93. The summed E-state index contributed by atoms with van der Waals surface area (Å²) < 4.78 is 16.9. The van der Waals surface area contributed by atoms with E-state index in [0.717, 1.165) is 27.7 Å². The van der Waals surface area contributed by atoms with E-state index in [4.69, 9.17) is 23.8 Å². The van der Waals surface area contributed by atoms with Crippen molar-refractivity contribution in [2.45, 2.75) is 13.5 Å². The normalized spacial score (nSPS) is 15.2. The Morgan fingerprint density at radius 1 is 1.09 bits per heavy atom. The van der Waals surface area contributed by atoms with Gasteiger partial charge >= 0.3 is 0 Å². The van der Waals surface area contributed by atoms with E-state index >= 15 is 0 Å². The molecule has 4 aromatic rings. The van der Waals surface area contributed by atoms with Gasteiger partial charge in [-0.3, -0.25) is 9.69 Å². The first-order valence-electron chi connectivity index (χ1n) is 10.3. The number of anilines is 1. The van der Waals surface area contributed by atoms with Crippen LogP contribution in [0.25, 0.3) is 17.0 Å². The van der Waals surface area contributed by atoms with E-state index in [-0.39, 0.29) is 18.3 Å². The molecule has 1 saturated heterocycles. The lowest BCUT2D eigenvalue weighted by Crippen LogP contribution is -2.27. The van der Waals surface area contributed by atoms with Gasteiger partial charge in [-0.05, 0) is 48.9 Å². The predicted octanol–water partition coefficient (Wildman–Crippen LogP) is 7.20. The number of carbonyl (C=O) groups excluding carboxylic acids is 1. The van der Waals surface area contributed by atoms with Crippen LogP contribution in [0.2, 0.25) is 5.02 Å². The van der Waals surface area contributed by atoms with Gasteiger partial charge in [-0.15, -0.1) is 0 Å². The summed E-state index contributed by atoms with van der Waals surface area (Å²) in [6, 6.07) is 20.2. The van der Waals surface area contributed by atoms with Crippen LogP contribution in [0.3, 0.4) is 0 Å². The van der Waals surface area contributed by atoms with Crippen LogP contribution in [0.5, 0.6) is 0 Å². The largest absolute Gasteiger partial charge is 0.342 e. The third-order valence-electron chi connectivity index (χ3n) is 5.55. The fourth-order valence-corrected chi connectivity index (χ4v) is 5.49. The van der Waals surface area contributed by atoms with Crippen molar-refractivity contribution in [1.29, 1.82) is 0 Å². The quantitative estimate of drug-likeness (QED) is 0.222. The summed E-state index contributed by atoms with van der Waals surface area (Å²) in [7, 11) is 0. The summed E-state index contributed by atoms with van der Waals surface area (Å²) in [4.78, 5) is 15.3. The monoisotopic (exact) mass is 492 g/mol. The molecule has 0 saturated carbocycles. The van der Waals surface area contributed by atoms with Crippen LogP contribution in [0, 0.1) is 12.7 Å². The van der Waals surface area contributed by atoms with Crippen LogP contribution in [0.1, 0.15) is 16.7 Å². The smallest absolute Gasteiger partial charge is 0.270 e. The zero-order valence-corrected chi connectivity index (χ0v) is 20.0. The van der Waals surface area contributed by atoms with E-state index in [0.29, 0.717) is 19.8 Å². The first-order valence-corrected chi connectivity index (χ1v) is 11.9. The van der Waals surface area contributed by atoms with E-state index in [1.165, 1.54) is 17.8 Å². The minimum absolute atomic E-state index is 0.149. The van der Waals surface area contributed by atoms with Crippen molar-refractivity contribution in [1.82, 2.24) is 4.57 Å². The molecule has 5 rings (SSSR count). The Labute approximate surface area is 205 Å². The molecular formula is C26H18ClFN2OS2. The summed E-state index contributed by atoms with van der Waals surface area (Å²) in [5.41, 5.74) is 4.04. The Morgan fingerprint density at radius 3 is 2.67 bits per heavy atom. The van der Waals surface area contributed by atoms with Gasteiger partial charge in [0.2, 0.25) is 0 Å². The zero-order valence-electron chi connectivity index (χ0n) is 17.6. The number of hydrogen-bond donors (Lipinski definition) is 0. The first kappa shape index (κ1) is 21.9. The van der Waals surface area contributed by atoms with Gasteiger partial charge in [0, 0.05) is 33.2 Å². The van der Waals surface area contributed by atoms with Crippen LogP contribution in [-0.4, -0.2) is 14.8 Å². The molecule has 0 bridgehead atoms. The average molecular weight is 493 g/mol. The highest BCUT2D eigenvalue weighted by atomic mass is 35.5. The van der Waals surface area contributed by atoms with Crippen LogP contribution < -0.4 is 4.90 Å². The molecule has 3 nitrogen and oxygen atoms in total. The molecule has 1 aromatic heterocycles. The molecule has 0 atom stereocenters. The molecule has 1 fully saturated rings. The van der Waals surface area contributed by atoms with Gasteiger partial charge in [-0.2, -0.15) is 0 Å². The number of thioether (sulfide) groups is 1. The molecule has 1 aliphatic heterocycles. The van der Waals surface area contributed by atoms with Gasteiger partial charge in [-0.1, -0.05) is 72.0 Å². The second-order valence-corrected chi connectivity index (χ2v) is 9.87. The number of aromatic nitrogens is 1. The fraction of sp³-hybridized carbons (Fsp3) is 0.0769. The van der Waals surface area contributed by atoms with E-state index in [9.17, 15) is 9.18 Å². The van der Waals surface area contributed by atoms with E-state index in [1.54, 1.807) is 17.0 Å². The van der Waals surface area contributed by atoms with Crippen molar-refractivity contribution in [3.63, 3.8) is 0 Å². The van der Waals surface area contributed by atoms with Gasteiger partial charge < -0.3 is 4.57 Å². The van der Waals surface area contributed by atoms with Crippen molar-refractivity contribution in [2.24, 2.45) is 0 Å². The minimum atomic E-state index is -0.346. The lowest BCUT2D eigenvalue weighted by molar-refractivity contribution is -0.113. The van der Waals surface area contributed by atoms with Crippen LogP contribution in [0.15, 0.2) is 77.8 Å². The standard InChI is InChI=1S/C26H18ClFN2OS2/c1-16-6-4-7-18(12-16)30-25(31)24(33-26(30)32)13-17-14-29(23-11-3-2-8-19(17)23)15-20-21(27)9-5-10-22(20)28/h2-14H,15H2,1H3/b24-13-. The maximum absolute atomic E-state index is 14.4. The van der Waals surface area contributed by atoms with Gasteiger partial charge in [0.05, 0.1) is 17.1 Å². The highest BCUT2D eigenvalue weighted by Crippen LogP contribution is 2.37. The summed E-state index contributed by atoms with van der Waals surface area (Å²) in [5.74, 6) is -0.495. The number of thiocarbonyl (C=S) groups is 1. The Morgan fingerprint density at radius 2 is 1.88 bits per heavy atom. The van der Waals surface area contributed by atoms with Gasteiger partial charge in [-0.25, -0.2) is 4.39 Å². The molecule has 0 unspecified atom stereocenters. The number of amides is 1. The van der Waals surface area contributed by atoms with Crippen LogP contribution >= 0.6 is 35.6 Å². The molecule has 3 aromatic carbocycles. The van der Waals surface area contributed by atoms with Crippen molar-refractivity contribution in [3.05, 3.63) is 105 Å². The zero-order chi connectivity index (χ0) is 23.1. The van der Waals surface area contributed by atoms with E-state index < -0.39 is 0 Å². The molecule has 7 heteroatoms. The number of aryl methyl sites for hydroxylation is 1. The molecule has 0 radical (unpaired) electrons. The number of para-hydroxylation sites is 1. The van der Waals surface area contributed by atoms with Crippen molar-refractivity contribution in [3.8, 4) is 0 Å². The molecule has 0 N–H and O–H groups in total. The molecule has 1 aliphatic rings. The molecule has 0 spiro atoms. The third-order valence-corrected chi connectivity index (χ3v) is 7.21. The van der Waals surface area contributed by atoms with Crippen molar-refractivity contribution < 1.29 is 9.18 Å². The van der Waals surface area contributed by atoms with Crippen molar-refractivity contribution in [2.75, 3.05) is 4.90 Å². The molecule has 1 amide bonds. The van der Waals surface area contributed by atoms with E-state index in [2.05, 4.69) is 0 Å².